The van der Waals surface area contributed by atoms with Crippen molar-refractivity contribution in [3.63, 3.8) is 0 Å². The number of carbonyl (C=O) groups is 1. The molecule has 0 bridgehead atoms. The fourth-order valence-corrected chi connectivity index (χ4v) is 0.480. The molecule has 0 aromatic heterocycles. The Kier molecular flexibility index (Phi) is 3.64. The van der Waals surface area contributed by atoms with E-state index >= 15 is 0 Å². The molecule has 1 amide bonds. The summed E-state index contributed by atoms with van der Waals surface area (Å²) in [5.41, 5.74) is 1.51. The highest BCUT2D eigenvalue weighted by atomic mass is 32.1. The predicted molar refractivity (Wildman–Crippen MR) is 33.0 cm³/mol. The molecule has 0 spiro atoms. The lowest BCUT2D eigenvalue weighted by Gasteiger charge is -1.98. The Morgan fingerprint density at radius 1 is 2.00 bits per heavy atom. The first-order valence-corrected chi connectivity index (χ1v) is 2.79. The molecule has 0 aliphatic rings. The number of thiol groups is 1. The molecule has 1 unspecified atom stereocenters. The lowest BCUT2D eigenvalue weighted by Crippen LogP contribution is -2.20. The van der Waals surface area contributed by atoms with E-state index in [0.29, 0.717) is 0 Å². The van der Waals surface area contributed by atoms with Crippen LogP contribution < -0.4 is 5.48 Å². The first-order chi connectivity index (χ1) is 3.66. The van der Waals surface area contributed by atoms with Crippen LogP contribution in [0.5, 0.6) is 0 Å². The summed E-state index contributed by atoms with van der Waals surface area (Å²) in [5, 5.41) is 7.95. The Bertz CT molecular complexity index is 84.1. The van der Waals surface area contributed by atoms with Crippen molar-refractivity contribution in [2.75, 3.05) is 0 Å². The standard InChI is InChI=1S/C4H9NO2S/c1-3(8)2-4(6)5-7/h3,7-8H,2H2,1H3,(H,5,6). The molecule has 3 nitrogen and oxygen atoms in total. The molecule has 0 aliphatic carbocycles. The summed E-state index contributed by atoms with van der Waals surface area (Å²) >= 11 is 3.92. The molecular formula is C4H9NO2S. The number of rotatable bonds is 2. The molecule has 0 aliphatic heterocycles. The molecule has 0 saturated heterocycles. The van der Waals surface area contributed by atoms with Gasteiger partial charge in [0.15, 0.2) is 0 Å². The van der Waals surface area contributed by atoms with Gasteiger partial charge >= 0.3 is 0 Å². The highest BCUT2D eigenvalue weighted by Crippen LogP contribution is 1.96. The van der Waals surface area contributed by atoms with E-state index in [9.17, 15) is 4.79 Å². The van der Waals surface area contributed by atoms with E-state index in [1.165, 1.54) is 5.48 Å². The molecule has 0 rings (SSSR count). The second kappa shape index (κ2) is 3.74. The average Bonchev–Trinajstić information content (AvgIpc) is 1.65. The fourth-order valence-electron chi connectivity index (χ4n) is 0.314. The molecule has 1 atom stereocenters. The van der Waals surface area contributed by atoms with Crippen LogP contribution in [-0.4, -0.2) is 16.4 Å². The van der Waals surface area contributed by atoms with E-state index in [-0.39, 0.29) is 11.7 Å². The molecule has 48 valence electrons. The molecule has 0 radical (unpaired) electrons. The van der Waals surface area contributed by atoms with Crippen LogP contribution >= 0.6 is 12.6 Å². The minimum atomic E-state index is -0.396. The van der Waals surface area contributed by atoms with Gasteiger partial charge in [0.25, 0.3) is 0 Å². The second-order valence-electron chi connectivity index (χ2n) is 1.59. The first-order valence-electron chi connectivity index (χ1n) is 2.28. The lowest BCUT2D eigenvalue weighted by atomic mass is 10.3. The maximum Gasteiger partial charge on any atom is 0.244 e. The smallest absolute Gasteiger partial charge is 0.244 e. The van der Waals surface area contributed by atoms with E-state index in [1.807, 2.05) is 0 Å². The van der Waals surface area contributed by atoms with Crippen LogP contribution in [0.3, 0.4) is 0 Å². The maximum absolute atomic E-state index is 10.2. The van der Waals surface area contributed by atoms with Crippen LogP contribution in [0.15, 0.2) is 0 Å². The SMILES string of the molecule is CC(S)CC(=O)NO. The van der Waals surface area contributed by atoms with Crippen molar-refractivity contribution in [3.05, 3.63) is 0 Å². The second-order valence-corrected chi connectivity index (χ2v) is 2.47. The zero-order valence-corrected chi connectivity index (χ0v) is 5.48. The minimum absolute atomic E-state index is 0.00199. The van der Waals surface area contributed by atoms with E-state index in [4.69, 9.17) is 5.21 Å². The van der Waals surface area contributed by atoms with Gasteiger partial charge in [-0.25, -0.2) is 5.48 Å². The van der Waals surface area contributed by atoms with Gasteiger partial charge in [0.05, 0.1) is 0 Å². The molecule has 0 fully saturated rings. The Morgan fingerprint density at radius 3 is 2.62 bits per heavy atom. The van der Waals surface area contributed by atoms with Crippen LogP contribution in [0.4, 0.5) is 0 Å². The quantitative estimate of drug-likeness (QED) is 0.288. The summed E-state index contributed by atoms with van der Waals surface area (Å²) in [6.45, 7) is 1.78. The summed E-state index contributed by atoms with van der Waals surface area (Å²) in [6, 6.07) is 0. The Labute approximate surface area is 53.4 Å². The van der Waals surface area contributed by atoms with Gasteiger partial charge in [0.1, 0.15) is 0 Å². The Morgan fingerprint density at radius 2 is 2.50 bits per heavy atom. The van der Waals surface area contributed by atoms with Gasteiger partial charge in [0.2, 0.25) is 5.91 Å². The highest BCUT2D eigenvalue weighted by molar-refractivity contribution is 7.80. The van der Waals surface area contributed by atoms with Gasteiger partial charge in [0, 0.05) is 11.7 Å². The van der Waals surface area contributed by atoms with Crippen molar-refractivity contribution in [3.8, 4) is 0 Å². The lowest BCUT2D eigenvalue weighted by molar-refractivity contribution is -0.129. The molecule has 0 heterocycles. The third-order valence-electron chi connectivity index (χ3n) is 0.606. The van der Waals surface area contributed by atoms with E-state index in [1.54, 1.807) is 6.92 Å². The number of hydrogen-bond acceptors (Lipinski definition) is 3. The molecule has 8 heavy (non-hydrogen) atoms. The zero-order valence-electron chi connectivity index (χ0n) is 4.59. The van der Waals surface area contributed by atoms with E-state index in [2.05, 4.69) is 12.6 Å². The molecule has 4 heteroatoms. The molecule has 0 saturated carbocycles. The third kappa shape index (κ3) is 3.95. The zero-order chi connectivity index (χ0) is 6.57. The van der Waals surface area contributed by atoms with Crippen LogP contribution in [0.1, 0.15) is 13.3 Å². The van der Waals surface area contributed by atoms with Gasteiger partial charge in [-0.15, -0.1) is 0 Å². The topological polar surface area (TPSA) is 49.3 Å². The summed E-state index contributed by atoms with van der Waals surface area (Å²) in [4.78, 5) is 10.2. The van der Waals surface area contributed by atoms with Gasteiger partial charge in [-0.05, 0) is 0 Å². The van der Waals surface area contributed by atoms with E-state index in [0.717, 1.165) is 0 Å². The number of nitrogens with one attached hydrogen (secondary N) is 1. The number of carbonyl (C=O) groups excluding carboxylic acids is 1. The van der Waals surface area contributed by atoms with Crippen LogP contribution in [0, 0.1) is 0 Å². The largest absolute Gasteiger partial charge is 0.289 e. The molecule has 0 aromatic carbocycles. The number of hydrogen-bond donors (Lipinski definition) is 3. The van der Waals surface area contributed by atoms with Crippen LogP contribution in [-0.2, 0) is 4.79 Å². The van der Waals surface area contributed by atoms with Crippen molar-refractivity contribution in [2.24, 2.45) is 0 Å². The van der Waals surface area contributed by atoms with Crippen molar-refractivity contribution < 1.29 is 10.0 Å². The monoisotopic (exact) mass is 135 g/mol. The van der Waals surface area contributed by atoms with Crippen LogP contribution in [0.2, 0.25) is 0 Å². The van der Waals surface area contributed by atoms with Gasteiger partial charge in [-0.3, -0.25) is 10.0 Å². The third-order valence-corrected chi connectivity index (χ3v) is 0.788. The average molecular weight is 135 g/mol. The Balaban J connectivity index is 3.25. The summed E-state index contributed by atoms with van der Waals surface area (Å²) < 4.78 is 0. The number of amides is 1. The Hall–Kier alpha value is -0.220. The molecule has 2 N–H and O–H groups in total. The summed E-state index contributed by atoms with van der Waals surface area (Å²) in [6.07, 6.45) is 0.250. The summed E-state index contributed by atoms with van der Waals surface area (Å²) in [5.74, 6) is -0.396. The van der Waals surface area contributed by atoms with Crippen molar-refractivity contribution in [2.45, 2.75) is 18.6 Å². The van der Waals surface area contributed by atoms with Crippen LogP contribution in [0.25, 0.3) is 0 Å². The van der Waals surface area contributed by atoms with Gasteiger partial charge < -0.3 is 0 Å². The maximum atomic E-state index is 10.2. The van der Waals surface area contributed by atoms with Gasteiger partial charge in [-0.2, -0.15) is 12.6 Å². The predicted octanol–water partition coefficient (Wildman–Crippen LogP) is 0.200. The minimum Gasteiger partial charge on any atom is -0.289 e. The van der Waals surface area contributed by atoms with Crippen molar-refractivity contribution >= 4 is 18.5 Å². The number of hydroxylamine groups is 1. The highest BCUT2D eigenvalue weighted by Gasteiger charge is 2.01. The molecule has 0 aromatic rings. The molecular weight excluding hydrogens is 126 g/mol. The normalized spacial score (nSPS) is 12.9. The van der Waals surface area contributed by atoms with Crippen molar-refractivity contribution in [1.29, 1.82) is 0 Å². The summed E-state index contributed by atoms with van der Waals surface area (Å²) in [7, 11) is 0. The van der Waals surface area contributed by atoms with Gasteiger partial charge in [-0.1, -0.05) is 6.92 Å². The van der Waals surface area contributed by atoms with Crippen molar-refractivity contribution in [1.82, 2.24) is 5.48 Å². The fraction of sp³-hybridized carbons (Fsp3) is 0.750. The van der Waals surface area contributed by atoms with E-state index < -0.39 is 5.91 Å². The first kappa shape index (κ1) is 7.78.